The molecule has 2 aliphatic rings. The fraction of sp³-hybridized carbons (Fsp3) is 0.310. The molecule has 1 amide bonds. The molecule has 0 radical (unpaired) electrons. The van der Waals surface area contributed by atoms with E-state index in [0.717, 1.165) is 32.4 Å². The van der Waals surface area contributed by atoms with Gasteiger partial charge >= 0.3 is 5.97 Å². The number of phenols is 1. The largest absolute Gasteiger partial charge is 0.508 e. The van der Waals surface area contributed by atoms with Crippen molar-refractivity contribution in [3.63, 3.8) is 0 Å². The first kappa shape index (κ1) is 26.0. The predicted molar refractivity (Wildman–Crippen MR) is 144 cm³/mol. The van der Waals surface area contributed by atoms with Gasteiger partial charge in [0.15, 0.2) is 0 Å². The van der Waals surface area contributed by atoms with Crippen molar-refractivity contribution in [1.82, 2.24) is 14.6 Å². The molecule has 3 heterocycles. The van der Waals surface area contributed by atoms with Gasteiger partial charge in [0.1, 0.15) is 11.6 Å². The third kappa shape index (κ3) is 4.70. The fourth-order valence-corrected chi connectivity index (χ4v) is 5.66. The monoisotopic (exact) mass is 537 g/mol. The van der Waals surface area contributed by atoms with E-state index in [2.05, 4.69) is 5.01 Å². The number of carboxylic acid groups (broad SMARTS) is 1. The summed E-state index contributed by atoms with van der Waals surface area (Å²) >= 11 is 6.56. The van der Waals surface area contributed by atoms with Gasteiger partial charge in [0.2, 0.25) is 0 Å². The topological polar surface area (TPSA) is 86.0 Å². The van der Waals surface area contributed by atoms with Crippen LogP contribution >= 0.6 is 11.6 Å². The summed E-state index contributed by atoms with van der Waals surface area (Å²) in [5.41, 5.74) is 3.42. The number of carbonyl (C=O) groups is 2. The second-order valence-electron chi connectivity index (χ2n) is 9.58. The zero-order chi connectivity index (χ0) is 27.0. The molecule has 38 heavy (non-hydrogen) atoms. The number of aromatic hydroxyl groups is 1. The summed E-state index contributed by atoms with van der Waals surface area (Å²) in [7, 11) is 0. The lowest BCUT2D eigenvalue weighted by molar-refractivity contribution is -0.132. The highest BCUT2D eigenvalue weighted by molar-refractivity contribution is 6.32. The molecule has 0 spiro atoms. The van der Waals surface area contributed by atoms with Gasteiger partial charge in [0.05, 0.1) is 22.0 Å². The highest BCUT2D eigenvalue weighted by Crippen LogP contribution is 2.41. The number of carboxylic acids is 1. The van der Waals surface area contributed by atoms with Gasteiger partial charge in [-0.15, -0.1) is 0 Å². The zero-order valence-electron chi connectivity index (χ0n) is 21.1. The number of rotatable bonds is 6. The molecule has 0 bridgehead atoms. The lowest BCUT2D eigenvalue weighted by Crippen LogP contribution is -2.51. The van der Waals surface area contributed by atoms with E-state index in [4.69, 9.17) is 11.6 Å². The maximum Gasteiger partial charge on any atom is 0.331 e. The summed E-state index contributed by atoms with van der Waals surface area (Å²) in [4.78, 5) is 26.2. The number of hydrazine groups is 1. The van der Waals surface area contributed by atoms with Gasteiger partial charge in [0.25, 0.3) is 5.91 Å². The molecular formula is C29H29ClFN3O4. The summed E-state index contributed by atoms with van der Waals surface area (Å²) in [5, 5.41) is 23.9. The summed E-state index contributed by atoms with van der Waals surface area (Å²) in [6, 6.07) is 10.6. The molecule has 2 N–H and O–H groups in total. The van der Waals surface area contributed by atoms with Crippen LogP contribution in [0.4, 0.5) is 4.39 Å². The Hall–Kier alpha value is -3.62. The van der Waals surface area contributed by atoms with E-state index in [1.165, 1.54) is 24.3 Å². The third-order valence-corrected chi connectivity index (χ3v) is 7.56. The Labute approximate surface area is 225 Å². The van der Waals surface area contributed by atoms with Gasteiger partial charge in [-0.25, -0.2) is 14.2 Å². The van der Waals surface area contributed by atoms with Crippen molar-refractivity contribution in [2.24, 2.45) is 0 Å². The first-order valence-electron chi connectivity index (χ1n) is 12.8. The van der Waals surface area contributed by atoms with Crippen LogP contribution in [-0.2, 0) is 11.2 Å². The molecule has 1 saturated heterocycles. The molecule has 7 nitrogen and oxygen atoms in total. The first-order chi connectivity index (χ1) is 18.3. The number of aliphatic carboxylic acids is 1. The first-order valence-corrected chi connectivity index (χ1v) is 13.2. The van der Waals surface area contributed by atoms with Crippen molar-refractivity contribution < 1.29 is 24.2 Å². The van der Waals surface area contributed by atoms with Crippen LogP contribution in [0.15, 0.2) is 48.0 Å². The van der Waals surface area contributed by atoms with Crippen LogP contribution in [0.25, 0.3) is 23.0 Å². The Kier molecular flexibility index (Phi) is 7.27. The van der Waals surface area contributed by atoms with Crippen molar-refractivity contribution in [1.29, 1.82) is 0 Å². The molecule has 3 aromatic rings. The van der Waals surface area contributed by atoms with Crippen molar-refractivity contribution in [3.8, 4) is 22.7 Å². The molecule has 1 fully saturated rings. The summed E-state index contributed by atoms with van der Waals surface area (Å²) < 4.78 is 15.9. The average molecular weight is 538 g/mol. The van der Waals surface area contributed by atoms with Crippen molar-refractivity contribution in [2.75, 3.05) is 19.6 Å². The summed E-state index contributed by atoms with van der Waals surface area (Å²) in [6.07, 6.45) is 5.46. The van der Waals surface area contributed by atoms with Gasteiger partial charge in [-0.05, 0) is 73.4 Å². The average Bonchev–Trinajstić information content (AvgIpc) is 3.22. The molecule has 0 saturated carbocycles. The van der Waals surface area contributed by atoms with Gasteiger partial charge in [-0.1, -0.05) is 24.9 Å². The normalized spacial score (nSPS) is 16.6. The molecule has 9 heteroatoms. The Morgan fingerprint density at radius 3 is 2.42 bits per heavy atom. The Morgan fingerprint density at radius 2 is 1.79 bits per heavy atom. The van der Waals surface area contributed by atoms with E-state index in [-0.39, 0.29) is 28.7 Å². The molecule has 0 aliphatic carbocycles. The number of hydrogen-bond acceptors (Lipinski definition) is 4. The van der Waals surface area contributed by atoms with Crippen LogP contribution in [0, 0.1) is 5.82 Å². The fourth-order valence-electron chi connectivity index (χ4n) is 5.41. The van der Waals surface area contributed by atoms with E-state index < -0.39 is 11.8 Å². The van der Waals surface area contributed by atoms with Gasteiger partial charge in [0, 0.05) is 42.9 Å². The number of hydrogen-bond donors (Lipinski definition) is 2. The summed E-state index contributed by atoms with van der Waals surface area (Å²) in [5.74, 6) is -1.68. The van der Waals surface area contributed by atoms with Gasteiger partial charge in [-0.2, -0.15) is 0 Å². The predicted octanol–water partition coefficient (Wildman–Crippen LogP) is 5.92. The number of fused-ring (bicyclic) bond motifs is 1. The highest BCUT2D eigenvalue weighted by Gasteiger charge is 2.37. The standard InChI is InChI=1S/C29H29ClFN3O4/c1-2-18(29(37)38)16-22-26-25(12-15-33(28(26)36)32-13-4-3-5-14-32)34(24-11-8-20(31)17-23(24)30)27(22)19-6-9-21(35)10-7-19/h6-11,16-17,35H,2-5,12-15H2,1H3,(H,37,38). The summed E-state index contributed by atoms with van der Waals surface area (Å²) in [6.45, 7) is 3.79. The number of phenolic OH excluding ortho intramolecular Hbond substituents is 1. The van der Waals surface area contributed by atoms with Crippen LogP contribution in [0.2, 0.25) is 5.02 Å². The van der Waals surface area contributed by atoms with Crippen molar-refractivity contribution >= 4 is 29.6 Å². The lowest BCUT2D eigenvalue weighted by Gasteiger charge is -2.39. The molecule has 2 aliphatic heterocycles. The highest BCUT2D eigenvalue weighted by atomic mass is 35.5. The molecular weight excluding hydrogens is 509 g/mol. The van der Waals surface area contributed by atoms with Crippen LogP contribution < -0.4 is 0 Å². The SMILES string of the molecule is CCC(=Cc1c2c(n(-c3ccc(F)cc3Cl)c1-c1ccc(O)cc1)CCN(N1CCCCC1)C2=O)C(=O)O. The Morgan fingerprint density at radius 1 is 1.08 bits per heavy atom. The zero-order valence-corrected chi connectivity index (χ0v) is 21.8. The number of aromatic nitrogens is 1. The molecule has 2 aromatic carbocycles. The van der Waals surface area contributed by atoms with Crippen LogP contribution in [0.3, 0.4) is 0 Å². The van der Waals surface area contributed by atoms with E-state index in [0.29, 0.717) is 46.7 Å². The van der Waals surface area contributed by atoms with Crippen molar-refractivity contribution in [2.45, 2.75) is 39.0 Å². The molecule has 5 rings (SSSR count). The number of carbonyl (C=O) groups excluding carboxylic acids is 1. The van der Waals surface area contributed by atoms with Crippen LogP contribution in [-0.4, -0.2) is 56.3 Å². The van der Waals surface area contributed by atoms with E-state index in [9.17, 15) is 24.2 Å². The maximum atomic E-state index is 14.2. The quantitative estimate of drug-likeness (QED) is 0.381. The van der Waals surface area contributed by atoms with Crippen LogP contribution in [0.1, 0.15) is 54.2 Å². The van der Waals surface area contributed by atoms with E-state index >= 15 is 0 Å². The smallest absolute Gasteiger partial charge is 0.331 e. The number of halogens is 2. The molecule has 0 atom stereocenters. The minimum atomic E-state index is -1.07. The third-order valence-electron chi connectivity index (χ3n) is 7.25. The minimum Gasteiger partial charge on any atom is -0.508 e. The Balaban J connectivity index is 1.83. The minimum absolute atomic E-state index is 0.0701. The number of piperidine rings is 1. The number of nitrogens with zero attached hydrogens (tertiary/aromatic N) is 3. The molecule has 198 valence electrons. The van der Waals surface area contributed by atoms with Crippen molar-refractivity contribution in [3.05, 3.63) is 75.7 Å². The van der Waals surface area contributed by atoms with E-state index in [1.54, 1.807) is 36.2 Å². The van der Waals surface area contributed by atoms with Crippen LogP contribution in [0.5, 0.6) is 5.75 Å². The maximum absolute atomic E-state index is 14.2. The second-order valence-corrected chi connectivity index (χ2v) is 9.99. The second kappa shape index (κ2) is 10.6. The Bertz CT molecular complexity index is 1420. The van der Waals surface area contributed by atoms with E-state index in [1.807, 2.05) is 4.57 Å². The number of benzene rings is 2. The molecule has 0 unspecified atom stereocenters. The molecule has 1 aromatic heterocycles. The van der Waals surface area contributed by atoms with Gasteiger partial charge < -0.3 is 14.8 Å². The number of amides is 1. The van der Waals surface area contributed by atoms with Gasteiger partial charge in [-0.3, -0.25) is 9.80 Å². The lowest BCUT2D eigenvalue weighted by atomic mass is 9.97.